The van der Waals surface area contributed by atoms with Crippen molar-refractivity contribution in [2.75, 3.05) is 5.32 Å². The molecule has 7 heteroatoms. The van der Waals surface area contributed by atoms with Gasteiger partial charge in [-0.15, -0.1) is 0 Å². The van der Waals surface area contributed by atoms with Gasteiger partial charge in [0, 0.05) is 5.54 Å². The van der Waals surface area contributed by atoms with Gasteiger partial charge in [0.25, 0.3) is 9.84 Å². The van der Waals surface area contributed by atoms with E-state index in [1.807, 2.05) is 20.8 Å². The molecule has 0 bridgehead atoms. The maximum atomic E-state index is 12.7. The summed E-state index contributed by atoms with van der Waals surface area (Å²) in [4.78, 5) is -0.739. The first-order chi connectivity index (χ1) is 9.01. The Balaban J connectivity index is 3.26. The molecule has 0 saturated heterocycles. The first-order valence-corrected chi connectivity index (χ1v) is 7.68. The summed E-state index contributed by atoms with van der Waals surface area (Å²) in [5.41, 5.74) is -5.82. The van der Waals surface area contributed by atoms with Crippen molar-refractivity contribution < 1.29 is 21.6 Å². The van der Waals surface area contributed by atoms with Crippen molar-refractivity contribution in [2.45, 2.75) is 49.6 Å². The second kappa shape index (κ2) is 5.63. The lowest BCUT2D eigenvalue weighted by Crippen LogP contribution is -2.32. The van der Waals surface area contributed by atoms with E-state index in [4.69, 9.17) is 0 Å². The number of alkyl halides is 3. The van der Waals surface area contributed by atoms with Crippen LogP contribution in [0, 0.1) is 0 Å². The molecule has 20 heavy (non-hydrogen) atoms. The number of halogens is 3. The molecule has 0 heterocycles. The maximum Gasteiger partial charge on any atom is 0.501 e. The SMILES string of the molecule is CCCC(C)(C)Nc1ccccc1S(=O)(=O)C(F)(F)F. The minimum absolute atomic E-state index is 0.0247. The Bertz CT molecular complexity index is 565. The van der Waals surface area contributed by atoms with Crippen LogP contribution in [0.15, 0.2) is 29.2 Å². The van der Waals surface area contributed by atoms with Gasteiger partial charge in [-0.05, 0) is 32.4 Å². The highest BCUT2D eigenvalue weighted by Gasteiger charge is 2.48. The van der Waals surface area contributed by atoms with E-state index in [1.54, 1.807) is 0 Å². The number of anilines is 1. The van der Waals surface area contributed by atoms with Gasteiger partial charge in [-0.1, -0.05) is 25.5 Å². The summed E-state index contributed by atoms with van der Waals surface area (Å²) < 4.78 is 61.1. The van der Waals surface area contributed by atoms with Crippen molar-refractivity contribution in [3.8, 4) is 0 Å². The number of sulfone groups is 1. The first-order valence-electron chi connectivity index (χ1n) is 6.20. The zero-order chi connectivity index (χ0) is 15.6. The lowest BCUT2D eigenvalue weighted by Gasteiger charge is -2.28. The maximum absolute atomic E-state index is 12.7. The van der Waals surface area contributed by atoms with Gasteiger partial charge in [0.15, 0.2) is 0 Å². The van der Waals surface area contributed by atoms with Crippen LogP contribution in [-0.4, -0.2) is 19.5 Å². The lowest BCUT2D eigenvalue weighted by atomic mass is 9.98. The Labute approximate surface area is 117 Å². The molecule has 0 spiro atoms. The smallest absolute Gasteiger partial charge is 0.379 e. The van der Waals surface area contributed by atoms with Crippen molar-refractivity contribution in [3.63, 3.8) is 0 Å². The molecule has 0 aliphatic heterocycles. The third-order valence-electron chi connectivity index (χ3n) is 2.83. The molecule has 1 aromatic carbocycles. The fraction of sp³-hybridized carbons (Fsp3) is 0.538. The molecule has 114 valence electrons. The van der Waals surface area contributed by atoms with Gasteiger partial charge in [0.05, 0.1) is 10.6 Å². The van der Waals surface area contributed by atoms with Crippen molar-refractivity contribution in [1.82, 2.24) is 0 Å². The van der Waals surface area contributed by atoms with Crippen molar-refractivity contribution in [1.29, 1.82) is 0 Å². The molecule has 0 saturated carbocycles. The summed E-state index contributed by atoms with van der Waals surface area (Å²) in [6, 6.07) is 5.08. The Kier molecular flexibility index (Phi) is 4.74. The monoisotopic (exact) mass is 309 g/mol. The third kappa shape index (κ3) is 3.65. The van der Waals surface area contributed by atoms with Gasteiger partial charge in [0.1, 0.15) is 0 Å². The number of hydrogen-bond donors (Lipinski definition) is 1. The van der Waals surface area contributed by atoms with Crippen LogP contribution in [0.4, 0.5) is 18.9 Å². The molecule has 1 N–H and O–H groups in total. The highest BCUT2D eigenvalue weighted by atomic mass is 32.2. The molecular weight excluding hydrogens is 291 g/mol. The molecule has 0 fully saturated rings. The molecule has 0 radical (unpaired) electrons. The van der Waals surface area contributed by atoms with E-state index < -0.39 is 25.8 Å². The standard InChI is InChI=1S/C13H18F3NO2S/c1-4-9-12(2,3)17-10-7-5-6-8-11(10)20(18,19)13(14,15)16/h5-8,17H,4,9H2,1-3H3. The van der Waals surface area contributed by atoms with Crippen LogP contribution in [0.25, 0.3) is 0 Å². The highest BCUT2D eigenvalue weighted by Crippen LogP contribution is 2.35. The molecule has 0 aliphatic rings. The quantitative estimate of drug-likeness (QED) is 0.895. The van der Waals surface area contributed by atoms with Crippen molar-refractivity contribution >= 4 is 15.5 Å². The van der Waals surface area contributed by atoms with E-state index in [1.165, 1.54) is 18.2 Å². The minimum Gasteiger partial charge on any atom is -0.379 e. The summed E-state index contributed by atoms with van der Waals surface area (Å²) in [5.74, 6) is 0. The predicted octanol–water partition coefficient (Wildman–Crippen LogP) is 3.97. The normalized spacial score (nSPS) is 13.3. The number of nitrogens with one attached hydrogen (secondary N) is 1. The first kappa shape index (κ1) is 16.8. The average Bonchev–Trinajstić information content (AvgIpc) is 2.27. The summed E-state index contributed by atoms with van der Waals surface area (Å²) in [5, 5.41) is 2.89. The molecule has 1 aromatic rings. The van der Waals surface area contributed by atoms with Crippen LogP contribution < -0.4 is 5.32 Å². The number of hydrogen-bond acceptors (Lipinski definition) is 3. The fourth-order valence-corrected chi connectivity index (χ4v) is 2.90. The van der Waals surface area contributed by atoms with E-state index in [-0.39, 0.29) is 5.69 Å². The third-order valence-corrected chi connectivity index (χ3v) is 4.37. The summed E-state index contributed by atoms with van der Waals surface area (Å²) in [6.45, 7) is 5.57. The predicted molar refractivity (Wildman–Crippen MR) is 72.3 cm³/mol. The minimum atomic E-state index is -5.36. The lowest BCUT2D eigenvalue weighted by molar-refractivity contribution is -0.0435. The molecule has 0 aliphatic carbocycles. The molecule has 1 rings (SSSR count). The molecule has 0 atom stereocenters. The van der Waals surface area contributed by atoms with E-state index in [0.29, 0.717) is 6.42 Å². The van der Waals surface area contributed by atoms with Gasteiger partial charge in [-0.2, -0.15) is 13.2 Å². The average molecular weight is 309 g/mol. The Morgan fingerprint density at radius 3 is 2.20 bits per heavy atom. The summed E-state index contributed by atoms with van der Waals surface area (Å²) in [7, 11) is -5.36. The van der Waals surface area contributed by atoms with E-state index in [9.17, 15) is 21.6 Å². The van der Waals surface area contributed by atoms with Crippen LogP contribution >= 0.6 is 0 Å². The Hall–Kier alpha value is -1.24. The summed E-state index contributed by atoms with van der Waals surface area (Å²) >= 11 is 0. The number of benzene rings is 1. The zero-order valence-corrected chi connectivity index (χ0v) is 12.4. The zero-order valence-electron chi connectivity index (χ0n) is 11.6. The fourth-order valence-electron chi connectivity index (χ4n) is 1.98. The second-order valence-electron chi connectivity index (χ2n) is 5.20. The highest BCUT2D eigenvalue weighted by molar-refractivity contribution is 7.92. The molecule has 3 nitrogen and oxygen atoms in total. The van der Waals surface area contributed by atoms with Crippen LogP contribution in [0.3, 0.4) is 0 Å². The topological polar surface area (TPSA) is 46.2 Å². The van der Waals surface area contributed by atoms with Crippen LogP contribution in [0.2, 0.25) is 0 Å². The molecular formula is C13H18F3NO2S. The van der Waals surface area contributed by atoms with Crippen LogP contribution in [0.5, 0.6) is 0 Å². The van der Waals surface area contributed by atoms with E-state index in [0.717, 1.165) is 12.5 Å². The Morgan fingerprint density at radius 1 is 1.15 bits per heavy atom. The van der Waals surface area contributed by atoms with Crippen molar-refractivity contribution in [2.24, 2.45) is 0 Å². The number of para-hydroxylation sites is 1. The molecule has 0 amide bonds. The van der Waals surface area contributed by atoms with E-state index in [2.05, 4.69) is 5.32 Å². The molecule has 0 unspecified atom stereocenters. The number of rotatable bonds is 5. The van der Waals surface area contributed by atoms with Crippen LogP contribution in [0.1, 0.15) is 33.6 Å². The van der Waals surface area contributed by atoms with Crippen LogP contribution in [-0.2, 0) is 9.84 Å². The van der Waals surface area contributed by atoms with E-state index >= 15 is 0 Å². The molecule has 0 aromatic heterocycles. The van der Waals surface area contributed by atoms with Gasteiger partial charge >= 0.3 is 5.51 Å². The largest absolute Gasteiger partial charge is 0.501 e. The second-order valence-corrected chi connectivity index (χ2v) is 7.11. The van der Waals surface area contributed by atoms with Crippen molar-refractivity contribution in [3.05, 3.63) is 24.3 Å². The Morgan fingerprint density at radius 2 is 1.70 bits per heavy atom. The van der Waals surface area contributed by atoms with Gasteiger partial charge < -0.3 is 5.32 Å². The van der Waals surface area contributed by atoms with Gasteiger partial charge in [0.2, 0.25) is 0 Å². The van der Waals surface area contributed by atoms with Gasteiger partial charge in [-0.3, -0.25) is 0 Å². The van der Waals surface area contributed by atoms with Gasteiger partial charge in [-0.25, -0.2) is 8.42 Å². The summed E-state index contributed by atoms with van der Waals surface area (Å²) in [6.07, 6.45) is 1.53.